The summed E-state index contributed by atoms with van der Waals surface area (Å²) in [4.78, 5) is 4.17. The fraction of sp³-hybridized carbons (Fsp3) is 0.714. The van der Waals surface area contributed by atoms with Gasteiger partial charge in [-0.05, 0) is 41.9 Å². The van der Waals surface area contributed by atoms with Gasteiger partial charge in [-0.1, -0.05) is 19.9 Å². The summed E-state index contributed by atoms with van der Waals surface area (Å²) in [6.07, 6.45) is 2.78. The molecule has 0 aliphatic heterocycles. The van der Waals surface area contributed by atoms with E-state index in [2.05, 4.69) is 48.9 Å². The van der Waals surface area contributed by atoms with E-state index in [0.29, 0.717) is 0 Å². The number of thiol groups is 1. The van der Waals surface area contributed by atoms with Crippen molar-refractivity contribution in [3.05, 3.63) is 22.4 Å². The van der Waals surface area contributed by atoms with Crippen LogP contribution in [-0.2, 0) is 6.54 Å². The van der Waals surface area contributed by atoms with E-state index in [9.17, 15) is 0 Å². The molecule has 1 aromatic heterocycles. The second kappa shape index (κ2) is 6.26. The van der Waals surface area contributed by atoms with Gasteiger partial charge in [0.25, 0.3) is 0 Å². The molecule has 0 saturated heterocycles. The molecule has 96 valence electrons. The standard InChI is InChI=1S/C14H23NS2/c1-11(2)12(10-16)8-15(13-5-6-13)9-14-4-3-7-17-14/h3-4,7,11-13,16H,5-6,8-10H2,1-2H3. The summed E-state index contributed by atoms with van der Waals surface area (Å²) in [6, 6.07) is 5.26. The van der Waals surface area contributed by atoms with Crippen LogP contribution in [0.3, 0.4) is 0 Å². The minimum absolute atomic E-state index is 0.721. The van der Waals surface area contributed by atoms with Crippen molar-refractivity contribution in [3.8, 4) is 0 Å². The molecule has 1 nitrogen and oxygen atoms in total. The van der Waals surface area contributed by atoms with Crippen LogP contribution in [0, 0.1) is 11.8 Å². The quantitative estimate of drug-likeness (QED) is 0.734. The molecule has 1 unspecified atom stereocenters. The third-order valence-corrected chi connectivity index (χ3v) is 4.98. The molecule has 1 aliphatic rings. The van der Waals surface area contributed by atoms with E-state index < -0.39 is 0 Å². The molecule has 2 rings (SSSR count). The summed E-state index contributed by atoms with van der Waals surface area (Å²) in [5.74, 6) is 2.46. The smallest absolute Gasteiger partial charge is 0.0330 e. The first kappa shape index (κ1) is 13.4. The Morgan fingerprint density at radius 2 is 2.24 bits per heavy atom. The van der Waals surface area contributed by atoms with Gasteiger partial charge in [0.1, 0.15) is 0 Å². The maximum absolute atomic E-state index is 4.51. The van der Waals surface area contributed by atoms with Crippen molar-refractivity contribution in [2.75, 3.05) is 12.3 Å². The third kappa shape index (κ3) is 4.01. The van der Waals surface area contributed by atoms with Gasteiger partial charge < -0.3 is 0 Å². The molecule has 0 aromatic carbocycles. The molecule has 0 amide bonds. The van der Waals surface area contributed by atoms with Crippen LogP contribution in [-0.4, -0.2) is 23.2 Å². The van der Waals surface area contributed by atoms with Gasteiger partial charge in [-0.15, -0.1) is 11.3 Å². The molecule has 0 spiro atoms. The monoisotopic (exact) mass is 269 g/mol. The predicted octanol–water partition coefficient (Wildman–Crippen LogP) is 3.91. The molecule has 0 radical (unpaired) electrons. The van der Waals surface area contributed by atoms with Crippen molar-refractivity contribution in [2.24, 2.45) is 11.8 Å². The molecule has 1 aliphatic carbocycles. The SMILES string of the molecule is CC(C)C(CS)CN(Cc1cccs1)C1CC1. The lowest BCUT2D eigenvalue weighted by atomic mass is 9.97. The lowest BCUT2D eigenvalue weighted by molar-refractivity contribution is 0.199. The topological polar surface area (TPSA) is 3.24 Å². The van der Waals surface area contributed by atoms with E-state index >= 15 is 0 Å². The van der Waals surface area contributed by atoms with Crippen LogP contribution in [0.1, 0.15) is 31.6 Å². The van der Waals surface area contributed by atoms with Gasteiger partial charge in [-0.2, -0.15) is 12.6 Å². The van der Waals surface area contributed by atoms with Gasteiger partial charge in [0.05, 0.1) is 0 Å². The molecule has 1 atom stereocenters. The Bertz CT molecular complexity index is 317. The first-order valence-corrected chi connectivity index (χ1v) is 8.09. The molecule has 1 heterocycles. The van der Waals surface area contributed by atoms with Crippen LogP contribution < -0.4 is 0 Å². The van der Waals surface area contributed by atoms with Gasteiger partial charge >= 0.3 is 0 Å². The zero-order valence-electron chi connectivity index (χ0n) is 10.8. The lowest BCUT2D eigenvalue weighted by Crippen LogP contribution is -2.33. The molecular weight excluding hydrogens is 246 g/mol. The number of rotatable bonds is 7. The van der Waals surface area contributed by atoms with E-state index in [0.717, 1.165) is 30.2 Å². The average molecular weight is 269 g/mol. The minimum Gasteiger partial charge on any atom is -0.295 e. The third-order valence-electron chi connectivity index (χ3n) is 3.65. The van der Waals surface area contributed by atoms with Crippen molar-refractivity contribution in [3.63, 3.8) is 0 Å². The molecule has 3 heteroatoms. The van der Waals surface area contributed by atoms with Gasteiger partial charge in [0.15, 0.2) is 0 Å². The second-order valence-corrected chi connectivity index (χ2v) is 6.82. The minimum atomic E-state index is 0.721. The zero-order valence-corrected chi connectivity index (χ0v) is 12.5. The van der Waals surface area contributed by atoms with Gasteiger partial charge in [0, 0.05) is 24.0 Å². The van der Waals surface area contributed by atoms with E-state index in [-0.39, 0.29) is 0 Å². The number of nitrogens with zero attached hydrogens (tertiary/aromatic N) is 1. The van der Waals surface area contributed by atoms with Crippen molar-refractivity contribution in [2.45, 2.75) is 39.3 Å². The summed E-state index contributed by atoms with van der Waals surface area (Å²) in [5.41, 5.74) is 0. The predicted molar refractivity (Wildman–Crippen MR) is 79.9 cm³/mol. The van der Waals surface area contributed by atoms with Crippen LogP contribution >= 0.6 is 24.0 Å². The molecule has 1 fully saturated rings. The Morgan fingerprint density at radius 1 is 1.47 bits per heavy atom. The normalized spacial score (nSPS) is 17.9. The molecule has 0 N–H and O–H groups in total. The highest BCUT2D eigenvalue weighted by molar-refractivity contribution is 7.80. The van der Waals surface area contributed by atoms with Gasteiger partial charge in [0.2, 0.25) is 0 Å². The number of hydrogen-bond acceptors (Lipinski definition) is 3. The summed E-state index contributed by atoms with van der Waals surface area (Å²) in [7, 11) is 0. The zero-order chi connectivity index (χ0) is 12.3. The Balaban J connectivity index is 1.92. The van der Waals surface area contributed by atoms with E-state index in [4.69, 9.17) is 0 Å². The fourth-order valence-electron chi connectivity index (χ4n) is 2.17. The van der Waals surface area contributed by atoms with E-state index in [1.165, 1.54) is 24.3 Å². The average Bonchev–Trinajstić information content (AvgIpc) is 3.02. The summed E-state index contributed by atoms with van der Waals surface area (Å²) in [5, 5.41) is 2.18. The van der Waals surface area contributed by atoms with Crippen LogP contribution in [0.25, 0.3) is 0 Å². The Morgan fingerprint density at radius 3 is 2.71 bits per heavy atom. The summed E-state index contributed by atoms with van der Waals surface area (Å²) in [6.45, 7) is 6.98. The molecule has 1 aromatic rings. The van der Waals surface area contributed by atoms with Crippen LogP contribution in [0.2, 0.25) is 0 Å². The first-order chi connectivity index (χ1) is 8.20. The van der Waals surface area contributed by atoms with E-state index in [1.807, 2.05) is 11.3 Å². The Hall–Kier alpha value is 0.01000. The van der Waals surface area contributed by atoms with Crippen LogP contribution in [0.15, 0.2) is 17.5 Å². The van der Waals surface area contributed by atoms with Crippen molar-refractivity contribution in [1.82, 2.24) is 4.90 Å². The molecule has 17 heavy (non-hydrogen) atoms. The maximum Gasteiger partial charge on any atom is 0.0330 e. The molecule has 0 bridgehead atoms. The van der Waals surface area contributed by atoms with Gasteiger partial charge in [-0.3, -0.25) is 4.90 Å². The van der Waals surface area contributed by atoms with Gasteiger partial charge in [-0.25, -0.2) is 0 Å². The summed E-state index contributed by atoms with van der Waals surface area (Å²) < 4.78 is 0. The lowest BCUT2D eigenvalue weighted by Gasteiger charge is -2.28. The maximum atomic E-state index is 4.51. The fourth-order valence-corrected chi connectivity index (χ4v) is 3.43. The highest BCUT2D eigenvalue weighted by atomic mass is 32.1. The van der Waals surface area contributed by atoms with E-state index in [1.54, 1.807) is 0 Å². The van der Waals surface area contributed by atoms with Crippen molar-refractivity contribution < 1.29 is 0 Å². The second-order valence-electron chi connectivity index (χ2n) is 5.43. The van der Waals surface area contributed by atoms with Crippen molar-refractivity contribution >= 4 is 24.0 Å². The number of thiophene rings is 1. The Labute approximate surface area is 115 Å². The summed E-state index contributed by atoms with van der Waals surface area (Å²) >= 11 is 6.39. The highest BCUT2D eigenvalue weighted by Gasteiger charge is 2.31. The largest absolute Gasteiger partial charge is 0.295 e. The molecular formula is C14H23NS2. The van der Waals surface area contributed by atoms with Crippen molar-refractivity contribution in [1.29, 1.82) is 0 Å². The van der Waals surface area contributed by atoms with Crippen LogP contribution in [0.4, 0.5) is 0 Å². The first-order valence-electron chi connectivity index (χ1n) is 6.58. The molecule has 1 saturated carbocycles. The highest BCUT2D eigenvalue weighted by Crippen LogP contribution is 2.31. The number of hydrogen-bond donors (Lipinski definition) is 1. The Kier molecular flexibility index (Phi) is 4.95. The van der Waals surface area contributed by atoms with Crippen LogP contribution in [0.5, 0.6) is 0 Å².